The average Bonchev–Trinajstić information content (AvgIpc) is 3.97. The van der Waals surface area contributed by atoms with Gasteiger partial charge in [-0.3, -0.25) is 9.36 Å². The Kier molecular flexibility index (Phi) is 13.6. The SMILES string of the molecule is COc1ccc(C(Nc2ncnc3c2ncn3[C@@H]2O[C@H](COC(c3ccccc3)(c3ccccc3)c3ccc(OC)cc3)C(OCOC(=O)C(C)(C)C)C2O)(c2ccccc2)c2ccccc2)cc1. The molecule has 13 nitrogen and oxygen atoms in total. The molecule has 69 heavy (non-hydrogen) atoms. The molecule has 0 aliphatic carbocycles. The lowest BCUT2D eigenvalue weighted by atomic mass is 9.77. The van der Waals surface area contributed by atoms with Gasteiger partial charge in [0.1, 0.15) is 47.3 Å². The maximum atomic E-state index is 12.9. The van der Waals surface area contributed by atoms with E-state index in [-0.39, 0.29) is 6.61 Å². The number of hydrogen-bond acceptors (Lipinski definition) is 12. The molecule has 1 fully saturated rings. The number of carbonyl (C=O) groups is 1. The monoisotopic (exact) mass is 925 g/mol. The maximum absolute atomic E-state index is 12.9. The summed E-state index contributed by atoms with van der Waals surface area (Å²) in [5.74, 6) is 1.39. The lowest BCUT2D eigenvalue weighted by molar-refractivity contribution is -0.178. The molecule has 9 rings (SSSR count). The second kappa shape index (κ2) is 20.0. The molecule has 2 N–H and O–H groups in total. The molecule has 0 amide bonds. The first-order chi connectivity index (χ1) is 33.6. The number of nitrogens with zero attached hydrogens (tertiary/aromatic N) is 4. The van der Waals surface area contributed by atoms with Gasteiger partial charge < -0.3 is 38.8 Å². The number of aliphatic hydroxyl groups is 1. The highest BCUT2D eigenvalue weighted by Gasteiger charge is 2.49. The van der Waals surface area contributed by atoms with Crippen molar-refractivity contribution in [1.29, 1.82) is 0 Å². The summed E-state index contributed by atoms with van der Waals surface area (Å²) in [6.07, 6.45) is -1.30. The summed E-state index contributed by atoms with van der Waals surface area (Å²) < 4.78 is 38.8. The Balaban J connectivity index is 1.11. The van der Waals surface area contributed by atoms with Crippen LogP contribution >= 0.6 is 0 Å². The van der Waals surface area contributed by atoms with Crippen LogP contribution in [0.4, 0.5) is 5.82 Å². The van der Waals surface area contributed by atoms with Crippen molar-refractivity contribution in [2.45, 2.75) is 56.5 Å². The van der Waals surface area contributed by atoms with Crippen molar-refractivity contribution in [3.63, 3.8) is 0 Å². The number of imidazole rings is 1. The lowest BCUT2D eigenvalue weighted by Gasteiger charge is -2.37. The second-order valence-electron chi connectivity index (χ2n) is 17.8. The molecule has 2 unspecified atom stereocenters. The first-order valence-corrected chi connectivity index (χ1v) is 22.8. The zero-order chi connectivity index (χ0) is 48.0. The molecular formula is C56H55N5O8. The fourth-order valence-corrected chi connectivity index (χ4v) is 9.04. The van der Waals surface area contributed by atoms with Crippen LogP contribution in [0.25, 0.3) is 11.2 Å². The molecule has 0 radical (unpaired) electrons. The minimum absolute atomic E-state index is 0.0752. The van der Waals surface area contributed by atoms with Crippen molar-refractivity contribution >= 4 is 23.0 Å². The Bertz CT molecular complexity index is 2850. The van der Waals surface area contributed by atoms with Gasteiger partial charge in [-0.05, 0) is 78.4 Å². The zero-order valence-corrected chi connectivity index (χ0v) is 39.1. The van der Waals surface area contributed by atoms with Gasteiger partial charge in [-0.25, -0.2) is 15.0 Å². The molecule has 0 bridgehead atoms. The Morgan fingerprint density at radius 1 is 0.652 bits per heavy atom. The van der Waals surface area contributed by atoms with Crippen LogP contribution < -0.4 is 14.8 Å². The number of ether oxygens (including phenoxy) is 6. The van der Waals surface area contributed by atoms with Gasteiger partial charge in [0.05, 0.1) is 32.6 Å². The van der Waals surface area contributed by atoms with Gasteiger partial charge in [-0.2, -0.15) is 0 Å². The highest BCUT2D eigenvalue weighted by Crippen LogP contribution is 2.44. The number of fused-ring (bicyclic) bond motifs is 1. The number of methoxy groups -OCH3 is 2. The van der Waals surface area contributed by atoms with Crippen LogP contribution in [0.15, 0.2) is 183 Å². The summed E-state index contributed by atoms with van der Waals surface area (Å²) in [5.41, 5.74) is 3.30. The van der Waals surface area contributed by atoms with Crippen LogP contribution in [0.3, 0.4) is 0 Å². The van der Waals surface area contributed by atoms with E-state index in [4.69, 9.17) is 43.4 Å². The number of anilines is 1. The quantitative estimate of drug-likeness (QED) is 0.0509. The third-order valence-corrected chi connectivity index (χ3v) is 12.6. The fraction of sp³-hybridized carbons (Fsp3) is 0.250. The van der Waals surface area contributed by atoms with Crippen LogP contribution in [0, 0.1) is 5.41 Å². The molecular weight excluding hydrogens is 871 g/mol. The zero-order valence-electron chi connectivity index (χ0n) is 39.1. The normalized spacial score (nSPS) is 17.4. The van der Waals surface area contributed by atoms with Crippen LogP contribution in [-0.2, 0) is 34.9 Å². The van der Waals surface area contributed by atoms with Crippen molar-refractivity contribution in [2.24, 2.45) is 5.41 Å². The number of benzene rings is 6. The Morgan fingerprint density at radius 3 is 1.64 bits per heavy atom. The maximum Gasteiger partial charge on any atom is 0.313 e. The summed E-state index contributed by atoms with van der Waals surface area (Å²) in [6.45, 7) is 4.78. The van der Waals surface area contributed by atoms with Crippen molar-refractivity contribution in [2.75, 3.05) is 32.9 Å². The van der Waals surface area contributed by atoms with Crippen molar-refractivity contribution < 1.29 is 38.3 Å². The standard InChI is InChI=1S/C56H55N5O8/c1-54(2,3)53(63)67-37-66-49-46(34-68-56(41-22-14-8-15-23-41,42-24-16-9-17-25-42)43-28-32-45(65-5)33-29-43)69-52(48(49)62)61-36-59-47-50(57-35-58-51(47)61)60-55(38-18-10-6-11-19-38,39-20-12-7-13-21-39)40-26-30-44(64-4)31-27-40/h6-33,35-36,46,48-49,52,62H,34,37H2,1-5H3,(H,57,58,60)/t46-,48?,49?,52-/m1/s1. The summed E-state index contributed by atoms with van der Waals surface area (Å²) in [7, 11) is 3.27. The van der Waals surface area contributed by atoms with E-state index in [9.17, 15) is 9.90 Å². The van der Waals surface area contributed by atoms with E-state index in [1.165, 1.54) is 6.33 Å². The fourth-order valence-electron chi connectivity index (χ4n) is 9.04. The number of hydrogen-bond donors (Lipinski definition) is 2. The van der Waals surface area contributed by atoms with Crippen molar-refractivity contribution in [3.05, 3.63) is 216 Å². The van der Waals surface area contributed by atoms with Crippen LogP contribution in [0.2, 0.25) is 0 Å². The summed E-state index contributed by atoms with van der Waals surface area (Å²) in [5, 5.41) is 16.2. The second-order valence-corrected chi connectivity index (χ2v) is 17.8. The highest BCUT2D eigenvalue weighted by molar-refractivity contribution is 5.84. The molecule has 6 aromatic carbocycles. The topological polar surface area (TPSA) is 148 Å². The molecule has 3 heterocycles. The Hall–Kier alpha value is -7.42. The number of aromatic nitrogens is 4. The van der Waals surface area contributed by atoms with Gasteiger partial charge >= 0.3 is 5.97 Å². The first-order valence-electron chi connectivity index (χ1n) is 22.8. The van der Waals surface area contributed by atoms with Gasteiger partial charge in [0.2, 0.25) is 0 Å². The predicted molar refractivity (Wildman–Crippen MR) is 262 cm³/mol. The summed E-state index contributed by atoms with van der Waals surface area (Å²) in [4.78, 5) is 27.3. The van der Waals surface area contributed by atoms with Gasteiger partial charge in [-0.1, -0.05) is 146 Å². The minimum atomic E-state index is -1.31. The van der Waals surface area contributed by atoms with E-state index < -0.39 is 53.9 Å². The Morgan fingerprint density at radius 2 is 1.13 bits per heavy atom. The van der Waals surface area contributed by atoms with Gasteiger partial charge in [0.25, 0.3) is 0 Å². The molecule has 2 aromatic heterocycles. The number of rotatable bonds is 17. The molecule has 352 valence electrons. The minimum Gasteiger partial charge on any atom is -0.497 e. The van der Waals surface area contributed by atoms with E-state index in [0.29, 0.717) is 22.7 Å². The summed E-state index contributed by atoms with van der Waals surface area (Å²) >= 11 is 0. The van der Waals surface area contributed by atoms with Crippen LogP contribution in [0.1, 0.15) is 60.4 Å². The number of esters is 1. The smallest absolute Gasteiger partial charge is 0.313 e. The third kappa shape index (κ3) is 9.17. The van der Waals surface area contributed by atoms with Crippen LogP contribution in [-0.4, -0.2) is 76.5 Å². The molecule has 13 heteroatoms. The van der Waals surface area contributed by atoms with Gasteiger partial charge in [0, 0.05) is 0 Å². The van der Waals surface area contributed by atoms with Gasteiger partial charge in [0.15, 0.2) is 30.0 Å². The molecule has 1 aliphatic heterocycles. The highest BCUT2D eigenvalue weighted by atomic mass is 16.7. The van der Waals surface area contributed by atoms with E-state index in [1.54, 1.807) is 45.9 Å². The molecule has 4 atom stereocenters. The van der Waals surface area contributed by atoms with E-state index >= 15 is 0 Å². The van der Waals surface area contributed by atoms with E-state index in [1.807, 2.05) is 146 Å². The molecule has 0 spiro atoms. The number of carbonyl (C=O) groups excluding carboxylic acids is 1. The van der Waals surface area contributed by atoms with Crippen molar-refractivity contribution in [3.8, 4) is 11.5 Å². The number of aliphatic hydroxyl groups excluding tert-OH is 1. The number of nitrogens with one attached hydrogen (secondary N) is 1. The van der Waals surface area contributed by atoms with Crippen molar-refractivity contribution in [1.82, 2.24) is 19.5 Å². The predicted octanol–water partition coefficient (Wildman–Crippen LogP) is 9.45. The molecule has 1 aliphatic rings. The van der Waals surface area contributed by atoms with Gasteiger partial charge in [-0.15, -0.1) is 0 Å². The third-order valence-electron chi connectivity index (χ3n) is 12.6. The molecule has 8 aromatic rings. The van der Waals surface area contributed by atoms with E-state index in [2.05, 4.69) is 29.6 Å². The molecule has 1 saturated heterocycles. The first kappa shape index (κ1) is 46.7. The van der Waals surface area contributed by atoms with E-state index in [0.717, 1.165) is 39.1 Å². The largest absolute Gasteiger partial charge is 0.497 e. The average molecular weight is 926 g/mol. The summed E-state index contributed by atoms with van der Waals surface area (Å²) in [6, 6.07) is 55.8. The molecule has 0 saturated carbocycles. The Labute approximate surface area is 401 Å². The van der Waals surface area contributed by atoms with Crippen LogP contribution in [0.5, 0.6) is 11.5 Å². The lowest BCUT2D eigenvalue weighted by Crippen LogP contribution is -2.41.